The van der Waals surface area contributed by atoms with E-state index in [1.165, 1.54) is 6.92 Å². The number of benzene rings is 2. The van der Waals surface area contributed by atoms with Gasteiger partial charge in [-0.1, -0.05) is 66.7 Å². The van der Waals surface area contributed by atoms with Gasteiger partial charge in [0.15, 0.2) is 0 Å². The van der Waals surface area contributed by atoms with Gasteiger partial charge in [-0.3, -0.25) is 4.79 Å². The van der Waals surface area contributed by atoms with Crippen LogP contribution < -0.4 is 0 Å². The Bertz CT molecular complexity index is 630. The Morgan fingerprint density at radius 3 is 2.10 bits per heavy atom. The molecule has 106 valence electrons. The second kappa shape index (κ2) is 7.20. The van der Waals surface area contributed by atoms with Crippen molar-refractivity contribution in [2.75, 3.05) is 0 Å². The van der Waals surface area contributed by atoms with Crippen LogP contribution in [0.15, 0.2) is 66.7 Å². The largest absolute Gasteiger partial charge is 0.447 e. The molecular formula is C18H16O3. The summed E-state index contributed by atoms with van der Waals surface area (Å²) in [5, 5.41) is 0. The Morgan fingerprint density at radius 1 is 0.952 bits per heavy atom. The minimum Gasteiger partial charge on any atom is -0.447 e. The molecule has 21 heavy (non-hydrogen) atoms. The molecular weight excluding hydrogens is 264 g/mol. The lowest BCUT2D eigenvalue weighted by atomic mass is 10.1. The average Bonchev–Trinajstić information content (AvgIpc) is 2.53. The number of Topliss-reactive ketones (excluding diaryl/α,β-unsaturated/α-hetero) is 1. The first-order valence-corrected chi connectivity index (χ1v) is 6.66. The van der Waals surface area contributed by atoms with Crippen LogP contribution >= 0.6 is 0 Å². The number of rotatable bonds is 5. The normalized spacial score (nSPS) is 12.0. The van der Waals surface area contributed by atoms with Gasteiger partial charge in [0, 0.05) is 6.92 Å². The minimum atomic E-state index is -0.832. The minimum absolute atomic E-state index is 0.581. The van der Waals surface area contributed by atoms with Crippen molar-refractivity contribution in [3.8, 4) is 0 Å². The first-order chi connectivity index (χ1) is 10.2. The molecule has 3 nitrogen and oxygen atoms in total. The maximum absolute atomic E-state index is 11.5. The van der Waals surface area contributed by atoms with E-state index in [2.05, 4.69) is 0 Å². The Labute approximate surface area is 123 Å². The highest BCUT2D eigenvalue weighted by Gasteiger charge is 2.16. The van der Waals surface area contributed by atoms with Gasteiger partial charge in [-0.25, -0.2) is 4.79 Å². The van der Waals surface area contributed by atoms with Crippen LogP contribution in [0.5, 0.6) is 0 Å². The van der Waals surface area contributed by atoms with Crippen LogP contribution in [0.1, 0.15) is 24.2 Å². The third-order valence-electron chi connectivity index (χ3n) is 2.91. The van der Waals surface area contributed by atoms with E-state index in [4.69, 9.17) is 4.74 Å². The fourth-order valence-electron chi connectivity index (χ4n) is 1.82. The molecule has 0 spiro atoms. The molecule has 0 bridgehead atoms. The Morgan fingerprint density at radius 2 is 1.52 bits per heavy atom. The number of ketones is 1. The molecule has 0 saturated carbocycles. The van der Waals surface area contributed by atoms with Crippen LogP contribution in [0, 0.1) is 0 Å². The lowest BCUT2D eigenvalue weighted by Gasteiger charge is -2.13. The van der Waals surface area contributed by atoms with Crippen LogP contribution in [0.25, 0.3) is 6.08 Å². The summed E-state index contributed by atoms with van der Waals surface area (Å²) in [6.07, 6.45) is 3.05. The fraction of sp³-hybridized carbons (Fsp3) is 0.111. The van der Waals surface area contributed by atoms with E-state index in [0.29, 0.717) is 0 Å². The van der Waals surface area contributed by atoms with Gasteiger partial charge in [-0.2, -0.15) is 0 Å². The molecule has 0 heterocycles. The van der Waals surface area contributed by atoms with Gasteiger partial charge in [0.05, 0.1) is 0 Å². The summed E-state index contributed by atoms with van der Waals surface area (Å²) in [5.41, 5.74) is 1.82. The highest BCUT2D eigenvalue weighted by molar-refractivity contribution is 6.32. The molecule has 0 fully saturated rings. The van der Waals surface area contributed by atoms with Gasteiger partial charge >= 0.3 is 5.97 Å². The zero-order valence-corrected chi connectivity index (χ0v) is 11.7. The Kier molecular flexibility index (Phi) is 5.04. The summed E-state index contributed by atoms with van der Waals surface area (Å²) in [5.74, 6) is -1.44. The van der Waals surface area contributed by atoms with Crippen molar-refractivity contribution >= 4 is 17.8 Å². The van der Waals surface area contributed by atoms with Crippen LogP contribution in [-0.4, -0.2) is 11.8 Å². The molecule has 1 atom stereocenters. The maximum Gasteiger partial charge on any atom is 0.375 e. The average molecular weight is 280 g/mol. The highest BCUT2D eigenvalue weighted by atomic mass is 16.5. The lowest BCUT2D eigenvalue weighted by Crippen LogP contribution is -2.16. The molecule has 0 aliphatic heterocycles. The van der Waals surface area contributed by atoms with Crippen molar-refractivity contribution in [1.29, 1.82) is 0 Å². The number of ether oxygens (including phenoxy) is 1. The molecule has 2 aromatic carbocycles. The first kappa shape index (κ1) is 14.7. The molecule has 0 aromatic heterocycles. The molecule has 0 saturated heterocycles. The Balaban J connectivity index is 2.22. The summed E-state index contributed by atoms with van der Waals surface area (Å²) >= 11 is 0. The molecule has 2 aromatic rings. The van der Waals surface area contributed by atoms with Gasteiger partial charge < -0.3 is 4.74 Å². The predicted molar refractivity (Wildman–Crippen MR) is 81.4 cm³/mol. The third kappa shape index (κ3) is 4.42. The quantitative estimate of drug-likeness (QED) is 0.621. The lowest BCUT2D eigenvalue weighted by molar-refractivity contribution is -0.155. The third-order valence-corrected chi connectivity index (χ3v) is 2.91. The fourth-order valence-corrected chi connectivity index (χ4v) is 1.82. The predicted octanol–water partition coefficient (Wildman–Crippen LogP) is 3.57. The number of carbonyl (C=O) groups is 2. The summed E-state index contributed by atoms with van der Waals surface area (Å²) < 4.78 is 5.24. The highest BCUT2D eigenvalue weighted by Crippen LogP contribution is 2.20. The number of esters is 1. The Hall–Kier alpha value is -2.68. The van der Waals surface area contributed by atoms with Crippen molar-refractivity contribution < 1.29 is 14.3 Å². The van der Waals surface area contributed by atoms with E-state index >= 15 is 0 Å². The van der Waals surface area contributed by atoms with Crippen molar-refractivity contribution in [3.63, 3.8) is 0 Å². The summed E-state index contributed by atoms with van der Waals surface area (Å²) in [7, 11) is 0. The van der Waals surface area contributed by atoms with Gasteiger partial charge in [-0.15, -0.1) is 0 Å². The maximum atomic E-state index is 11.5. The SMILES string of the molecule is CC(=O)C(=O)OC(/C=C/c1ccccc1)c1ccccc1. The van der Waals surface area contributed by atoms with E-state index < -0.39 is 17.9 Å². The van der Waals surface area contributed by atoms with Crippen molar-refractivity contribution in [2.24, 2.45) is 0 Å². The first-order valence-electron chi connectivity index (χ1n) is 6.66. The second-order valence-electron chi connectivity index (χ2n) is 4.56. The van der Waals surface area contributed by atoms with Crippen LogP contribution in [0.3, 0.4) is 0 Å². The second-order valence-corrected chi connectivity index (χ2v) is 4.56. The number of hydrogen-bond donors (Lipinski definition) is 0. The molecule has 0 N–H and O–H groups in total. The molecule has 0 radical (unpaired) electrons. The van der Waals surface area contributed by atoms with Gasteiger partial charge in [-0.05, 0) is 17.2 Å². The van der Waals surface area contributed by atoms with E-state index in [9.17, 15) is 9.59 Å². The van der Waals surface area contributed by atoms with Crippen LogP contribution in [0.2, 0.25) is 0 Å². The van der Waals surface area contributed by atoms with Gasteiger partial charge in [0.25, 0.3) is 0 Å². The van der Waals surface area contributed by atoms with Crippen molar-refractivity contribution in [3.05, 3.63) is 77.9 Å². The summed E-state index contributed by atoms with van der Waals surface area (Å²) in [6.45, 7) is 1.20. The summed E-state index contributed by atoms with van der Waals surface area (Å²) in [6, 6.07) is 19.0. The molecule has 2 rings (SSSR count). The van der Waals surface area contributed by atoms with E-state index in [1.54, 1.807) is 6.08 Å². The molecule has 0 aliphatic carbocycles. The molecule has 3 heteroatoms. The van der Waals surface area contributed by atoms with Crippen molar-refractivity contribution in [1.82, 2.24) is 0 Å². The van der Waals surface area contributed by atoms with Crippen LogP contribution in [-0.2, 0) is 14.3 Å². The monoisotopic (exact) mass is 280 g/mol. The topological polar surface area (TPSA) is 43.4 Å². The number of carbonyl (C=O) groups excluding carboxylic acids is 2. The van der Waals surface area contributed by atoms with E-state index in [0.717, 1.165) is 11.1 Å². The van der Waals surface area contributed by atoms with E-state index in [-0.39, 0.29) is 0 Å². The zero-order chi connectivity index (χ0) is 15.1. The van der Waals surface area contributed by atoms with Crippen LogP contribution in [0.4, 0.5) is 0 Å². The smallest absolute Gasteiger partial charge is 0.375 e. The standard InChI is InChI=1S/C18H16O3/c1-14(19)18(20)21-17(16-10-6-3-7-11-16)13-12-15-8-4-2-5-9-15/h2-13,17H,1H3/b13-12+. The van der Waals surface area contributed by atoms with Crippen molar-refractivity contribution in [2.45, 2.75) is 13.0 Å². The zero-order valence-electron chi connectivity index (χ0n) is 11.7. The summed E-state index contributed by atoms with van der Waals surface area (Å²) in [4.78, 5) is 22.6. The molecule has 0 aliphatic rings. The van der Waals surface area contributed by atoms with Gasteiger partial charge in [0.1, 0.15) is 6.10 Å². The molecule has 1 unspecified atom stereocenters. The van der Waals surface area contributed by atoms with E-state index in [1.807, 2.05) is 66.7 Å². The van der Waals surface area contributed by atoms with Gasteiger partial charge in [0.2, 0.25) is 5.78 Å². The number of hydrogen-bond acceptors (Lipinski definition) is 3. The molecule has 0 amide bonds.